The molecule has 0 radical (unpaired) electrons. The lowest BCUT2D eigenvalue weighted by atomic mass is 10.1. The third-order valence-corrected chi connectivity index (χ3v) is 3.99. The fourth-order valence-corrected chi connectivity index (χ4v) is 2.62. The zero-order chi connectivity index (χ0) is 13.8. The molecule has 0 saturated carbocycles. The lowest BCUT2D eigenvalue weighted by Crippen LogP contribution is -2.00. The Kier molecular flexibility index (Phi) is 4.43. The first-order valence-corrected chi connectivity index (χ1v) is 7.29. The zero-order valence-corrected chi connectivity index (χ0v) is 12.6. The predicted molar refractivity (Wildman–Crippen MR) is 81.8 cm³/mol. The summed E-state index contributed by atoms with van der Waals surface area (Å²) in [6.45, 7) is 6.26. The van der Waals surface area contributed by atoms with Gasteiger partial charge in [-0.05, 0) is 44.0 Å². The Morgan fingerprint density at radius 3 is 2.53 bits per heavy atom. The normalized spacial score (nSPS) is 10.5. The van der Waals surface area contributed by atoms with Gasteiger partial charge in [0.15, 0.2) is 0 Å². The van der Waals surface area contributed by atoms with Crippen molar-refractivity contribution in [2.75, 3.05) is 12.4 Å². The molecular weight excluding hydrogens is 254 g/mol. The SMILES string of the molecule is CNc1cc(C)nc(CSc2ccc(C)c(C)c2)n1. The maximum absolute atomic E-state index is 4.46. The molecule has 19 heavy (non-hydrogen) atoms. The minimum atomic E-state index is 0.791. The number of thioether (sulfide) groups is 1. The summed E-state index contributed by atoms with van der Waals surface area (Å²) in [5, 5.41) is 3.06. The fraction of sp³-hybridized carbons (Fsp3) is 0.333. The van der Waals surface area contributed by atoms with Crippen LogP contribution in [-0.4, -0.2) is 17.0 Å². The van der Waals surface area contributed by atoms with E-state index in [-0.39, 0.29) is 0 Å². The number of anilines is 1. The van der Waals surface area contributed by atoms with Crippen LogP contribution in [0.5, 0.6) is 0 Å². The molecule has 1 aromatic carbocycles. The van der Waals surface area contributed by atoms with Gasteiger partial charge in [-0.2, -0.15) is 0 Å². The molecule has 0 fully saturated rings. The molecule has 0 aliphatic carbocycles. The van der Waals surface area contributed by atoms with Gasteiger partial charge in [-0.25, -0.2) is 9.97 Å². The Balaban J connectivity index is 2.09. The van der Waals surface area contributed by atoms with Crippen LogP contribution in [0, 0.1) is 20.8 Å². The summed E-state index contributed by atoms with van der Waals surface area (Å²) in [4.78, 5) is 10.2. The van der Waals surface area contributed by atoms with Crippen molar-refractivity contribution in [2.45, 2.75) is 31.4 Å². The van der Waals surface area contributed by atoms with E-state index in [1.54, 1.807) is 11.8 Å². The summed E-state index contributed by atoms with van der Waals surface area (Å²) in [5.41, 5.74) is 3.65. The van der Waals surface area contributed by atoms with Crippen LogP contribution in [0.3, 0.4) is 0 Å². The highest BCUT2D eigenvalue weighted by Crippen LogP contribution is 2.24. The Morgan fingerprint density at radius 1 is 1.05 bits per heavy atom. The van der Waals surface area contributed by atoms with Crippen molar-refractivity contribution in [3.05, 3.63) is 46.9 Å². The lowest BCUT2D eigenvalue weighted by Gasteiger charge is -2.07. The van der Waals surface area contributed by atoms with E-state index in [0.29, 0.717) is 0 Å². The maximum Gasteiger partial charge on any atom is 0.141 e. The van der Waals surface area contributed by atoms with E-state index in [9.17, 15) is 0 Å². The van der Waals surface area contributed by atoms with Gasteiger partial charge >= 0.3 is 0 Å². The van der Waals surface area contributed by atoms with Gasteiger partial charge in [-0.1, -0.05) is 6.07 Å². The number of benzene rings is 1. The highest BCUT2D eigenvalue weighted by molar-refractivity contribution is 7.98. The second-order valence-electron chi connectivity index (χ2n) is 4.60. The van der Waals surface area contributed by atoms with Crippen LogP contribution < -0.4 is 5.32 Å². The number of nitrogens with zero attached hydrogens (tertiary/aromatic N) is 2. The average molecular weight is 273 g/mol. The topological polar surface area (TPSA) is 37.8 Å². The largest absolute Gasteiger partial charge is 0.373 e. The second kappa shape index (κ2) is 6.06. The molecule has 1 heterocycles. The molecular formula is C15H19N3S. The Bertz CT molecular complexity index is 582. The van der Waals surface area contributed by atoms with E-state index in [1.807, 2.05) is 20.0 Å². The fourth-order valence-electron chi connectivity index (χ4n) is 1.77. The molecule has 2 aromatic rings. The van der Waals surface area contributed by atoms with Crippen molar-refractivity contribution in [3.8, 4) is 0 Å². The molecule has 3 nitrogen and oxygen atoms in total. The molecule has 100 valence electrons. The van der Waals surface area contributed by atoms with E-state index in [1.165, 1.54) is 16.0 Å². The molecule has 1 aromatic heterocycles. The van der Waals surface area contributed by atoms with Crippen molar-refractivity contribution in [1.29, 1.82) is 0 Å². The Hall–Kier alpha value is -1.55. The van der Waals surface area contributed by atoms with E-state index < -0.39 is 0 Å². The Labute approximate surface area is 118 Å². The smallest absolute Gasteiger partial charge is 0.141 e. The summed E-state index contributed by atoms with van der Waals surface area (Å²) < 4.78 is 0. The van der Waals surface area contributed by atoms with Crippen LogP contribution in [-0.2, 0) is 5.75 Å². The highest BCUT2D eigenvalue weighted by atomic mass is 32.2. The van der Waals surface area contributed by atoms with Crippen molar-refractivity contribution in [1.82, 2.24) is 9.97 Å². The summed E-state index contributed by atoms with van der Waals surface area (Å²) >= 11 is 1.77. The molecule has 4 heteroatoms. The quantitative estimate of drug-likeness (QED) is 0.861. The van der Waals surface area contributed by atoms with E-state index in [2.05, 4.69) is 47.3 Å². The molecule has 0 amide bonds. The van der Waals surface area contributed by atoms with E-state index in [0.717, 1.165) is 23.1 Å². The zero-order valence-electron chi connectivity index (χ0n) is 11.8. The van der Waals surface area contributed by atoms with E-state index >= 15 is 0 Å². The lowest BCUT2D eigenvalue weighted by molar-refractivity contribution is 0.996. The summed E-state index contributed by atoms with van der Waals surface area (Å²) in [7, 11) is 1.88. The molecule has 1 N–H and O–H groups in total. The van der Waals surface area contributed by atoms with Crippen LogP contribution in [0.4, 0.5) is 5.82 Å². The van der Waals surface area contributed by atoms with Gasteiger partial charge in [-0.15, -0.1) is 11.8 Å². The first kappa shape index (κ1) is 13.9. The molecule has 0 spiro atoms. The highest BCUT2D eigenvalue weighted by Gasteiger charge is 2.03. The average Bonchev–Trinajstić information content (AvgIpc) is 2.39. The molecule has 0 atom stereocenters. The van der Waals surface area contributed by atoms with Gasteiger partial charge in [-0.3, -0.25) is 0 Å². The van der Waals surface area contributed by atoms with Crippen LogP contribution in [0.2, 0.25) is 0 Å². The van der Waals surface area contributed by atoms with Crippen LogP contribution in [0.15, 0.2) is 29.2 Å². The third-order valence-electron chi connectivity index (χ3n) is 3.00. The van der Waals surface area contributed by atoms with Crippen LogP contribution in [0.1, 0.15) is 22.6 Å². The summed E-state index contributed by atoms with van der Waals surface area (Å²) in [6, 6.07) is 8.48. The summed E-state index contributed by atoms with van der Waals surface area (Å²) in [5.74, 6) is 2.54. The molecule has 0 aliphatic rings. The molecule has 0 aliphatic heterocycles. The van der Waals surface area contributed by atoms with Crippen molar-refractivity contribution in [3.63, 3.8) is 0 Å². The van der Waals surface area contributed by atoms with Crippen LogP contribution >= 0.6 is 11.8 Å². The van der Waals surface area contributed by atoms with Crippen molar-refractivity contribution in [2.24, 2.45) is 0 Å². The van der Waals surface area contributed by atoms with Gasteiger partial charge in [0.2, 0.25) is 0 Å². The number of aromatic nitrogens is 2. The van der Waals surface area contributed by atoms with Gasteiger partial charge in [0.05, 0.1) is 5.75 Å². The minimum absolute atomic E-state index is 0.791. The molecule has 0 unspecified atom stereocenters. The second-order valence-corrected chi connectivity index (χ2v) is 5.64. The molecule has 2 rings (SSSR count). The van der Waals surface area contributed by atoms with Crippen molar-refractivity contribution < 1.29 is 0 Å². The molecule has 0 saturated heterocycles. The monoisotopic (exact) mass is 273 g/mol. The predicted octanol–water partition coefficient (Wildman–Crippen LogP) is 3.74. The Morgan fingerprint density at radius 2 is 1.84 bits per heavy atom. The molecule has 0 bridgehead atoms. The van der Waals surface area contributed by atoms with Gasteiger partial charge in [0, 0.05) is 23.7 Å². The van der Waals surface area contributed by atoms with Gasteiger partial charge in [0.1, 0.15) is 11.6 Å². The first-order chi connectivity index (χ1) is 9.08. The summed E-state index contributed by atoms with van der Waals surface area (Å²) in [6.07, 6.45) is 0. The number of rotatable bonds is 4. The van der Waals surface area contributed by atoms with Gasteiger partial charge in [0.25, 0.3) is 0 Å². The number of aryl methyl sites for hydroxylation is 3. The number of hydrogen-bond donors (Lipinski definition) is 1. The van der Waals surface area contributed by atoms with Gasteiger partial charge < -0.3 is 5.32 Å². The maximum atomic E-state index is 4.46. The van der Waals surface area contributed by atoms with E-state index in [4.69, 9.17) is 0 Å². The third kappa shape index (κ3) is 3.70. The first-order valence-electron chi connectivity index (χ1n) is 6.31. The minimum Gasteiger partial charge on any atom is -0.373 e. The van der Waals surface area contributed by atoms with Crippen molar-refractivity contribution >= 4 is 17.6 Å². The number of nitrogens with one attached hydrogen (secondary N) is 1. The standard InChI is InChI=1S/C15H19N3S/c1-10-5-6-13(7-11(10)2)19-9-15-17-12(3)8-14(16-4)18-15/h5-8H,9H2,1-4H3,(H,16,17,18). The van der Waals surface area contributed by atoms with Crippen LogP contribution in [0.25, 0.3) is 0 Å². The number of hydrogen-bond acceptors (Lipinski definition) is 4.